The van der Waals surface area contributed by atoms with Crippen molar-refractivity contribution in [2.45, 2.75) is 0 Å². The summed E-state index contributed by atoms with van der Waals surface area (Å²) < 4.78 is 6.49. The summed E-state index contributed by atoms with van der Waals surface area (Å²) in [7, 11) is 4.07. The minimum atomic E-state index is 0.0285. The Bertz CT molecular complexity index is 636. The fraction of sp³-hybridized carbons (Fsp3) is 0.222. The molecule has 22 heavy (non-hydrogen) atoms. The summed E-state index contributed by atoms with van der Waals surface area (Å²) >= 11 is 2.25. The average molecular weight is 405 g/mol. The first kappa shape index (κ1) is 16.8. The highest BCUT2D eigenvalue weighted by molar-refractivity contribution is 14.1. The third-order valence-corrected chi connectivity index (χ3v) is 4.03. The zero-order valence-corrected chi connectivity index (χ0v) is 14.9. The average Bonchev–Trinajstić information content (AvgIpc) is 2.52. The smallest absolute Gasteiger partial charge is 0.132 e. The van der Waals surface area contributed by atoms with Gasteiger partial charge in [0.15, 0.2) is 0 Å². The van der Waals surface area contributed by atoms with Crippen molar-refractivity contribution < 1.29 is 9.84 Å². The lowest BCUT2D eigenvalue weighted by molar-refractivity contribution is 0.200. The van der Waals surface area contributed by atoms with Crippen LogP contribution in [0.15, 0.2) is 42.5 Å². The second-order valence-corrected chi connectivity index (χ2v) is 6.24. The molecule has 0 amide bonds. The molecule has 3 nitrogen and oxygen atoms in total. The highest BCUT2D eigenvalue weighted by atomic mass is 123. The number of aliphatic hydroxyl groups is 1. The van der Waals surface area contributed by atoms with Gasteiger partial charge in [-0.2, -0.15) is 0 Å². The molecule has 2 aromatic rings. The molecule has 0 aliphatic rings. The fourth-order valence-electron chi connectivity index (χ4n) is 1.97. The van der Waals surface area contributed by atoms with Crippen LogP contribution in [0.2, 0.25) is 0 Å². The van der Waals surface area contributed by atoms with Crippen molar-refractivity contribution in [3.63, 3.8) is 0 Å². The number of benzene rings is 2. The molecule has 4 heteroatoms. The Kier molecular flexibility index (Phi) is 6.27. The van der Waals surface area contributed by atoms with Crippen molar-refractivity contribution in [2.75, 3.05) is 32.2 Å². The van der Waals surface area contributed by atoms with Crippen LogP contribution in [-0.4, -0.2) is 32.4 Å². The Morgan fingerprint density at radius 2 is 1.68 bits per heavy atom. The standard InChI is InChI=1S/C18H20INO2/c1-20(2)16-8-5-14(6-9-16)3-4-15-7-10-18(17(19)13-15)22-12-11-21/h3-10,13,21H,11-12H2,1-2H3/b4-3+/i19-4. The lowest BCUT2D eigenvalue weighted by Gasteiger charge is -2.11. The first-order chi connectivity index (χ1) is 10.6. The molecule has 0 atom stereocenters. The van der Waals surface area contributed by atoms with E-state index in [0.717, 1.165) is 14.9 Å². The second-order valence-electron chi connectivity index (χ2n) is 5.08. The van der Waals surface area contributed by atoms with Gasteiger partial charge in [0.05, 0.1) is 10.2 Å². The van der Waals surface area contributed by atoms with Gasteiger partial charge in [-0.05, 0) is 58.0 Å². The van der Waals surface area contributed by atoms with Crippen LogP contribution in [0.5, 0.6) is 5.75 Å². The number of nitrogens with zero attached hydrogens (tertiary/aromatic N) is 1. The first-order valence-electron chi connectivity index (χ1n) is 7.09. The van der Waals surface area contributed by atoms with Crippen molar-refractivity contribution in [1.82, 2.24) is 0 Å². The zero-order valence-electron chi connectivity index (χ0n) is 12.8. The third kappa shape index (κ3) is 4.74. The highest BCUT2D eigenvalue weighted by Gasteiger charge is 2.01. The van der Waals surface area contributed by atoms with Crippen LogP contribution in [-0.2, 0) is 0 Å². The minimum Gasteiger partial charge on any atom is -0.490 e. The Morgan fingerprint density at radius 3 is 2.27 bits per heavy atom. The van der Waals surface area contributed by atoms with Gasteiger partial charge in [-0.15, -0.1) is 0 Å². The minimum absolute atomic E-state index is 0.0285. The predicted molar refractivity (Wildman–Crippen MR) is 101 cm³/mol. The molecule has 0 spiro atoms. The predicted octanol–water partition coefficient (Wildman–Crippen LogP) is 3.90. The molecule has 1 N–H and O–H groups in total. The Labute approximate surface area is 145 Å². The summed E-state index contributed by atoms with van der Waals surface area (Å²) in [5.41, 5.74) is 3.48. The number of halogens is 1. The molecule has 0 saturated heterocycles. The normalized spacial score (nSPS) is 10.9. The van der Waals surface area contributed by atoms with E-state index in [4.69, 9.17) is 9.84 Å². The summed E-state index contributed by atoms with van der Waals surface area (Å²) in [6, 6.07) is 14.4. The SMILES string of the molecule is CN(C)c1ccc(/C=C/c2ccc(OCCO)c([123I])c2)cc1. The Balaban J connectivity index is 2.07. The summed E-state index contributed by atoms with van der Waals surface area (Å²) in [5, 5.41) is 8.80. The van der Waals surface area contributed by atoms with Crippen molar-refractivity contribution in [3.05, 3.63) is 57.2 Å². The van der Waals surface area contributed by atoms with Gasteiger partial charge in [-0.25, -0.2) is 0 Å². The number of ether oxygens (including phenoxy) is 1. The quantitative estimate of drug-likeness (QED) is 0.585. The van der Waals surface area contributed by atoms with Gasteiger partial charge in [0.1, 0.15) is 12.4 Å². The van der Waals surface area contributed by atoms with E-state index in [0.29, 0.717) is 6.61 Å². The molecule has 0 radical (unpaired) electrons. The van der Waals surface area contributed by atoms with Crippen molar-refractivity contribution in [1.29, 1.82) is 0 Å². The Hall–Kier alpha value is -1.53. The maximum Gasteiger partial charge on any atom is 0.132 e. The van der Waals surface area contributed by atoms with Crippen molar-refractivity contribution >= 4 is 40.4 Å². The molecule has 0 aliphatic carbocycles. The van der Waals surface area contributed by atoms with Gasteiger partial charge in [0.2, 0.25) is 0 Å². The van der Waals surface area contributed by atoms with Crippen LogP contribution >= 0.6 is 22.6 Å². The summed E-state index contributed by atoms with van der Waals surface area (Å²) in [6.45, 7) is 0.351. The van der Waals surface area contributed by atoms with Crippen LogP contribution in [0.25, 0.3) is 12.2 Å². The van der Waals surface area contributed by atoms with Gasteiger partial charge < -0.3 is 14.7 Å². The molecular weight excluding hydrogens is 385 g/mol. The van der Waals surface area contributed by atoms with Crippen LogP contribution in [0.1, 0.15) is 11.1 Å². The van der Waals surface area contributed by atoms with E-state index in [1.807, 2.05) is 26.2 Å². The molecule has 116 valence electrons. The van der Waals surface area contributed by atoms with Gasteiger partial charge in [0, 0.05) is 19.8 Å². The molecule has 0 aliphatic heterocycles. The van der Waals surface area contributed by atoms with E-state index in [1.165, 1.54) is 11.3 Å². The van der Waals surface area contributed by atoms with E-state index < -0.39 is 0 Å². The van der Waals surface area contributed by atoms with Gasteiger partial charge >= 0.3 is 0 Å². The van der Waals surface area contributed by atoms with Crippen molar-refractivity contribution in [2.24, 2.45) is 0 Å². The molecule has 0 aromatic heterocycles. The monoisotopic (exact) mass is 405 g/mol. The van der Waals surface area contributed by atoms with Crippen LogP contribution in [0.4, 0.5) is 5.69 Å². The Morgan fingerprint density at radius 1 is 1.05 bits per heavy atom. The largest absolute Gasteiger partial charge is 0.490 e. The lowest BCUT2D eigenvalue weighted by Crippen LogP contribution is -2.07. The third-order valence-electron chi connectivity index (χ3n) is 3.18. The second kappa shape index (κ2) is 8.19. The van der Waals surface area contributed by atoms with Gasteiger partial charge in [-0.1, -0.05) is 30.4 Å². The zero-order chi connectivity index (χ0) is 15.9. The molecule has 2 rings (SSSR count). The van der Waals surface area contributed by atoms with Crippen LogP contribution < -0.4 is 9.64 Å². The number of anilines is 1. The maximum atomic E-state index is 8.80. The molecule has 0 fully saturated rings. The van der Waals surface area contributed by atoms with Gasteiger partial charge in [-0.3, -0.25) is 0 Å². The number of hydrogen-bond acceptors (Lipinski definition) is 3. The lowest BCUT2D eigenvalue weighted by atomic mass is 10.1. The summed E-state index contributed by atoms with van der Waals surface area (Å²) in [6.07, 6.45) is 4.18. The van der Waals surface area contributed by atoms with E-state index in [-0.39, 0.29) is 6.61 Å². The molecule has 2 aromatic carbocycles. The summed E-state index contributed by atoms with van der Waals surface area (Å²) in [4.78, 5) is 2.08. The highest BCUT2D eigenvalue weighted by Crippen LogP contribution is 2.23. The van der Waals surface area contributed by atoms with E-state index in [1.54, 1.807) is 0 Å². The van der Waals surface area contributed by atoms with Crippen molar-refractivity contribution in [3.8, 4) is 5.75 Å². The topological polar surface area (TPSA) is 32.7 Å². The van der Waals surface area contributed by atoms with Crippen LogP contribution in [0, 0.1) is 3.57 Å². The van der Waals surface area contributed by atoms with E-state index in [2.05, 4.69) is 70.0 Å². The molecular formula is C18H20INO2. The molecule has 0 unspecified atom stereocenters. The summed E-state index contributed by atoms with van der Waals surface area (Å²) in [5.74, 6) is 0.808. The number of hydrogen-bond donors (Lipinski definition) is 1. The first-order valence-corrected chi connectivity index (χ1v) is 8.16. The van der Waals surface area contributed by atoms with Crippen LogP contribution in [0.3, 0.4) is 0 Å². The fourth-order valence-corrected chi connectivity index (χ4v) is 2.66. The molecule has 0 heterocycles. The van der Waals surface area contributed by atoms with E-state index in [9.17, 15) is 0 Å². The molecule has 0 saturated carbocycles. The molecule has 0 bridgehead atoms. The van der Waals surface area contributed by atoms with E-state index >= 15 is 0 Å². The van der Waals surface area contributed by atoms with Gasteiger partial charge in [0.25, 0.3) is 0 Å². The number of rotatable bonds is 6. The maximum absolute atomic E-state index is 8.80. The number of aliphatic hydroxyl groups excluding tert-OH is 1.